The van der Waals surface area contributed by atoms with E-state index in [1.165, 1.54) is 21.7 Å². The molecule has 0 aliphatic carbocycles. The first-order valence-corrected chi connectivity index (χ1v) is 7.31. The predicted molar refractivity (Wildman–Crippen MR) is 83.5 cm³/mol. The molecule has 0 amide bonds. The lowest BCUT2D eigenvalue weighted by atomic mass is 10.1. The molecular weight excluding hydrogens is 302 g/mol. The smallest absolute Gasteiger partial charge is 0.149 e. The third-order valence-electron chi connectivity index (χ3n) is 3.52. The molecule has 3 rings (SSSR count). The molecule has 0 saturated carbocycles. The number of rotatable bonds is 3. The third kappa shape index (κ3) is 2.07. The van der Waals surface area contributed by atoms with Gasteiger partial charge in [0.1, 0.15) is 11.3 Å². The molecule has 1 N–H and O–H groups in total. The van der Waals surface area contributed by atoms with Gasteiger partial charge in [-0.2, -0.15) is 0 Å². The van der Waals surface area contributed by atoms with E-state index in [2.05, 4.69) is 59.4 Å². The van der Waals surface area contributed by atoms with Gasteiger partial charge in [-0.3, -0.25) is 0 Å². The zero-order valence-electron chi connectivity index (χ0n) is 11.1. The normalized spacial score (nSPS) is 11.5. The van der Waals surface area contributed by atoms with Gasteiger partial charge in [0.05, 0.1) is 11.0 Å². The Hall–Kier alpha value is -1.32. The van der Waals surface area contributed by atoms with Gasteiger partial charge in [-0.05, 0) is 51.8 Å². The summed E-state index contributed by atoms with van der Waals surface area (Å²) in [5.41, 5.74) is 2.17. The molecule has 19 heavy (non-hydrogen) atoms. The average Bonchev–Trinajstić information content (AvgIpc) is 2.75. The molecule has 98 valence electrons. The SMILES string of the molecule is CCNCc1oc2c(Br)c3ccccc3cc2c1C. The molecule has 2 aromatic carbocycles. The lowest BCUT2D eigenvalue weighted by Gasteiger charge is -2.01. The fourth-order valence-electron chi connectivity index (χ4n) is 2.42. The summed E-state index contributed by atoms with van der Waals surface area (Å²) in [6, 6.07) is 10.6. The fourth-order valence-corrected chi connectivity index (χ4v) is 3.08. The van der Waals surface area contributed by atoms with Crippen LogP contribution in [0.4, 0.5) is 0 Å². The maximum atomic E-state index is 6.03. The lowest BCUT2D eigenvalue weighted by molar-refractivity contribution is 0.515. The zero-order chi connectivity index (χ0) is 13.4. The van der Waals surface area contributed by atoms with Crippen LogP contribution in [0.5, 0.6) is 0 Å². The topological polar surface area (TPSA) is 25.2 Å². The van der Waals surface area contributed by atoms with Crippen molar-refractivity contribution in [1.82, 2.24) is 5.32 Å². The molecular formula is C16H16BrNO. The fraction of sp³-hybridized carbons (Fsp3) is 0.250. The van der Waals surface area contributed by atoms with E-state index in [1.807, 2.05) is 6.07 Å². The minimum Gasteiger partial charge on any atom is -0.458 e. The van der Waals surface area contributed by atoms with Crippen LogP contribution in [0.2, 0.25) is 0 Å². The number of halogens is 1. The number of benzene rings is 2. The lowest BCUT2D eigenvalue weighted by Crippen LogP contribution is -2.11. The number of nitrogens with one attached hydrogen (secondary N) is 1. The van der Waals surface area contributed by atoms with Gasteiger partial charge < -0.3 is 9.73 Å². The third-order valence-corrected chi connectivity index (χ3v) is 4.31. The molecule has 0 atom stereocenters. The van der Waals surface area contributed by atoms with E-state index in [-0.39, 0.29) is 0 Å². The molecule has 0 saturated heterocycles. The van der Waals surface area contributed by atoms with Crippen molar-refractivity contribution >= 4 is 37.7 Å². The van der Waals surface area contributed by atoms with Crippen molar-refractivity contribution in [3.05, 3.63) is 46.1 Å². The average molecular weight is 318 g/mol. The Morgan fingerprint density at radius 2 is 2.00 bits per heavy atom. The Balaban J connectivity index is 2.28. The standard InChI is InChI=1S/C16H16BrNO/c1-3-18-9-14-10(2)13-8-11-6-4-5-7-12(11)15(17)16(13)19-14/h4-8,18H,3,9H2,1-2H3. The van der Waals surface area contributed by atoms with Gasteiger partial charge >= 0.3 is 0 Å². The summed E-state index contributed by atoms with van der Waals surface area (Å²) in [5.74, 6) is 1.02. The highest BCUT2D eigenvalue weighted by atomic mass is 79.9. The van der Waals surface area contributed by atoms with Gasteiger partial charge in [-0.1, -0.05) is 31.2 Å². The molecule has 2 nitrogen and oxygen atoms in total. The van der Waals surface area contributed by atoms with Crippen molar-refractivity contribution in [2.75, 3.05) is 6.54 Å². The largest absolute Gasteiger partial charge is 0.458 e. The first-order valence-electron chi connectivity index (χ1n) is 6.52. The molecule has 0 fully saturated rings. The van der Waals surface area contributed by atoms with Crippen molar-refractivity contribution in [2.45, 2.75) is 20.4 Å². The van der Waals surface area contributed by atoms with E-state index < -0.39 is 0 Å². The van der Waals surface area contributed by atoms with Gasteiger partial charge in [-0.15, -0.1) is 0 Å². The van der Waals surface area contributed by atoms with Crippen molar-refractivity contribution in [3.63, 3.8) is 0 Å². The van der Waals surface area contributed by atoms with E-state index >= 15 is 0 Å². The minimum atomic E-state index is 0.778. The predicted octanol–water partition coefficient (Wildman–Crippen LogP) is 4.77. The van der Waals surface area contributed by atoms with Crippen LogP contribution < -0.4 is 5.32 Å². The monoisotopic (exact) mass is 317 g/mol. The van der Waals surface area contributed by atoms with E-state index in [0.717, 1.165) is 28.9 Å². The summed E-state index contributed by atoms with van der Waals surface area (Å²) < 4.78 is 7.08. The Morgan fingerprint density at radius 1 is 1.21 bits per heavy atom. The second-order valence-corrected chi connectivity index (χ2v) is 5.51. The van der Waals surface area contributed by atoms with Crippen LogP contribution in [-0.4, -0.2) is 6.54 Å². The van der Waals surface area contributed by atoms with Gasteiger partial charge in [-0.25, -0.2) is 0 Å². The summed E-state index contributed by atoms with van der Waals surface area (Å²) in [4.78, 5) is 0. The summed E-state index contributed by atoms with van der Waals surface area (Å²) in [6.07, 6.45) is 0. The molecule has 0 aliphatic rings. The van der Waals surface area contributed by atoms with E-state index in [1.54, 1.807) is 0 Å². The summed E-state index contributed by atoms with van der Waals surface area (Å²) in [5, 5.41) is 6.94. The zero-order valence-corrected chi connectivity index (χ0v) is 12.7. The maximum Gasteiger partial charge on any atom is 0.149 e. The first kappa shape index (κ1) is 12.7. The Labute approximate surface area is 120 Å². The molecule has 0 aliphatic heterocycles. The Bertz CT molecular complexity index is 745. The maximum absolute atomic E-state index is 6.03. The van der Waals surface area contributed by atoms with Crippen molar-refractivity contribution in [3.8, 4) is 0 Å². The molecule has 0 unspecified atom stereocenters. The van der Waals surface area contributed by atoms with Gasteiger partial charge in [0, 0.05) is 5.39 Å². The highest BCUT2D eigenvalue weighted by Crippen LogP contribution is 2.36. The molecule has 3 heteroatoms. The molecule has 0 spiro atoms. The molecule has 0 bridgehead atoms. The second kappa shape index (κ2) is 4.99. The van der Waals surface area contributed by atoms with Crippen molar-refractivity contribution in [2.24, 2.45) is 0 Å². The van der Waals surface area contributed by atoms with Crippen LogP contribution in [0.25, 0.3) is 21.7 Å². The van der Waals surface area contributed by atoms with Crippen LogP contribution in [0.1, 0.15) is 18.2 Å². The highest BCUT2D eigenvalue weighted by molar-refractivity contribution is 9.10. The van der Waals surface area contributed by atoms with Gasteiger partial charge in [0.15, 0.2) is 0 Å². The summed E-state index contributed by atoms with van der Waals surface area (Å²) >= 11 is 3.68. The number of hydrogen-bond acceptors (Lipinski definition) is 2. The van der Waals surface area contributed by atoms with Crippen LogP contribution in [-0.2, 0) is 6.54 Å². The van der Waals surface area contributed by atoms with E-state index in [4.69, 9.17) is 4.42 Å². The van der Waals surface area contributed by atoms with E-state index in [9.17, 15) is 0 Å². The van der Waals surface area contributed by atoms with Crippen molar-refractivity contribution in [1.29, 1.82) is 0 Å². The molecule has 1 aromatic heterocycles. The second-order valence-electron chi connectivity index (χ2n) is 4.72. The minimum absolute atomic E-state index is 0.778. The van der Waals surface area contributed by atoms with Crippen molar-refractivity contribution < 1.29 is 4.42 Å². The number of furan rings is 1. The quantitative estimate of drug-likeness (QED) is 0.753. The number of aryl methyl sites for hydroxylation is 1. The van der Waals surface area contributed by atoms with Gasteiger partial charge in [0.25, 0.3) is 0 Å². The first-order chi connectivity index (χ1) is 9.22. The number of fused-ring (bicyclic) bond motifs is 2. The molecule has 0 radical (unpaired) electrons. The van der Waals surface area contributed by atoms with E-state index in [0.29, 0.717) is 0 Å². The highest BCUT2D eigenvalue weighted by Gasteiger charge is 2.14. The van der Waals surface area contributed by atoms with Gasteiger partial charge in [0.2, 0.25) is 0 Å². The molecule has 3 aromatic rings. The number of hydrogen-bond donors (Lipinski definition) is 1. The van der Waals surface area contributed by atoms with Crippen LogP contribution >= 0.6 is 15.9 Å². The Kier molecular flexibility index (Phi) is 3.33. The summed E-state index contributed by atoms with van der Waals surface area (Å²) in [7, 11) is 0. The van der Waals surface area contributed by atoms with Crippen LogP contribution in [0.15, 0.2) is 39.2 Å². The molecule has 1 heterocycles. The summed E-state index contributed by atoms with van der Waals surface area (Å²) in [6.45, 7) is 5.95. The Morgan fingerprint density at radius 3 is 2.79 bits per heavy atom. The van der Waals surface area contributed by atoms with Crippen LogP contribution in [0, 0.1) is 6.92 Å². The van der Waals surface area contributed by atoms with Crippen LogP contribution in [0.3, 0.4) is 0 Å².